The average Bonchev–Trinajstić information content (AvgIpc) is 2.17. The molecule has 5 nitrogen and oxygen atoms in total. The van der Waals surface area contributed by atoms with Gasteiger partial charge in [0.1, 0.15) is 0 Å². The van der Waals surface area contributed by atoms with Gasteiger partial charge >= 0.3 is 5.97 Å². The summed E-state index contributed by atoms with van der Waals surface area (Å²) >= 11 is 0. The molecule has 0 saturated carbocycles. The van der Waals surface area contributed by atoms with Crippen LogP contribution in [0.25, 0.3) is 0 Å². The number of hydrogen-bond acceptors (Lipinski definition) is 3. The molecule has 0 aromatic carbocycles. The van der Waals surface area contributed by atoms with E-state index in [0.717, 1.165) is 12.8 Å². The average molecular weight is 214 g/mol. The number of amides is 1. The Morgan fingerprint density at radius 2 is 2.00 bits per heavy atom. The summed E-state index contributed by atoms with van der Waals surface area (Å²) in [5.74, 6) is -0.615. The molecule has 1 amide bonds. The van der Waals surface area contributed by atoms with Crippen LogP contribution in [0.5, 0.6) is 0 Å². The quantitative estimate of drug-likeness (QED) is 0.695. The highest BCUT2D eigenvalue weighted by molar-refractivity contribution is 5.86. The van der Waals surface area contributed by atoms with Gasteiger partial charge in [-0.15, -0.1) is 0 Å². The SMILES string of the molecule is CC1CCN(C(=O)C(N)CC(=O)O)CC1. The standard InChI is InChI=1S/C10H18N2O3/c1-7-2-4-12(5-3-7)10(15)8(11)6-9(13)14/h7-8H,2-6,11H2,1H3,(H,13,14). The number of carbonyl (C=O) groups is 2. The van der Waals surface area contributed by atoms with Gasteiger partial charge in [-0.1, -0.05) is 6.92 Å². The molecule has 1 fully saturated rings. The lowest BCUT2D eigenvalue weighted by Gasteiger charge is -2.31. The minimum Gasteiger partial charge on any atom is -0.481 e. The van der Waals surface area contributed by atoms with Crippen molar-refractivity contribution in [1.29, 1.82) is 0 Å². The topological polar surface area (TPSA) is 83.6 Å². The third-order valence-corrected chi connectivity index (χ3v) is 2.81. The van der Waals surface area contributed by atoms with E-state index in [4.69, 9.17) is 10.8 Å². The van der Waals surface area contributed by atoms with Crippen molar-refractivity contribution in [1.82, 2.24) is 4.90 Å². The summed E-state index contributed by atoms with van der Waals surface area (Å²) in [5, 5.41) is 8.52. The molecular weight excluding hydrogens is 196 g/mol. The van der Waals surface area contributed by atoms with Gasteiger partial charge in [0.15, 0.2) is 0 Å². The predicted octanol–water partition coefficient (Wildman–Crippen LogP) is 0.0469. The molecule has 86 valence electrons. The van der Waals surface area contributed by atoms with E-state index in [9.17, 15) is 9.59 Å². The third-order valence-electron chi connectivity index (χ3n) is 2.81. The lowest BCUT2D eigenvalue weighted by Crippen LogP contribution is -2.47. The van der Waals surface area contributed by atoms with E-state index in [1.54, 1.807) is 4.90 Å². The molecule has 1 rings (SSSR count). The zero-order valence-electron chi connectivity index (χ0n) is 8.98. The van der Waals surface area contributed by atoms with Gasteiger partial charge in [0.25, 0.3) is 0 Å². The van der Waals surface area contributed by atoms with Gasteiger partial charge in [-0.25, -0.2) is 0 Å². The first kappa shape index (κ1) is 12.0. The largest absolute Gasteiger partial charge is 0.481 e. The molecule has 1 atom stereocenters. The Morgan fingerprint density at radius 3 is 2.47 bits per heavy atom. The van der Waals surface area contributed by atoms with Crippen molar-refractivity contribution >= 4 is 11.9 Å². The number of piperidine rings is 1. The minimum absolute atomic E-state index is 0.232. The Bertz CT molecular complexity index is 247. The summed E-state index contributed by atoms with van der Waals surface area (Å²) in [5.41, 5.74) is 5.51. The van der Waals surface area contributed by atoms with Crippen molar-refractivity contribution in [3.8, 4) is 0 Å². The molecule has 1 aliphatic heterocycles. The second-order valence-corrected chi connectivity index (χ2v) is 4.21. The van der Waals surface area contributed by atoms with Crippen LogP contribution in [0, 0.1) is 5.92 Å². The van der Waals surface area contributed by atoms with E-state index in [2.05, 4.69) is 6.92 Å². The fraction of sp³-hybridized carbons (Fsp3) is 0.800. The second kappa shape index (κ2) is 5.11. The van der Waals surface area contributed by atoms with Crippen LogP contribution in [-0.2, 0) is 9.59 Å². The van der Waals surface area contributed by atoms with Crippen LogP contribution >= 0.6 is 0 Å². The highest BCUT2D eigenvalue weighted by Gasteiger charge is 2.25. The Morgan fingerprint density at radius 1 is 1.47 bits per heavy atom. The van der Waals surface area contributed by atoms with Gasteiger partial charge < -0.3 is 15.7 Å². The molecule has 0 radical (unpaired) electrons. The van der Waals surface area contributed by atoms with E-state index in [0.29, 0.717) is 19.0 Å². The lowest BCUT2D eigenvalue weighted by molar-refractivity contribution is -0.142. The Hall–Kier alpha value is -1.10. The molecular formula is C10H18N2O3. The zero-order chi connectivity index (χ0) is 11.4. The summed E-state index contributed by atoms with van der Waals surface area (Å²) in [6.07, 6.45) is 1.67. The molecule has 0 aliphatic carbocycles. The number of aliphatic carboxylic acids is 1. The summed E-state index contributed by atoms with van der Waals surface area (Å²) < 4.78 is 0. The van der Waals surface area contributed by atoms with Gasteiger partial charge in [-0.3, -0.25) is 9.59 Å². The van der Waals surface area contributed by atoms with Crippen LogP contribution in [-0.4, -0.2) is 41.0 Å². The van der Waals surface area contributed by atoms with Gasteiger partial charge in [-0.05, 0) is 18.8 Å². The van der Waals surface area contributed by atoms with Crippen molar-refractivity contribution in [3.05, 3.63) is 0 Å². The molecule has 0 spiro atoms. The van der Waals surface area contributed by atoms with Crippen LogP contribution in [0.3, 0.4) is 0 Å². The number of carboxylic acid groups (broad SMARTS) is 1. The molecule has 5 heteroatoms. The van der Waals surface area contributed by atoms with Crippen LogP contribution in [0.15, 0.2) is 0 Å². The highest BCUT2D eigenvalue weighted by Crippen LogP contribution is 2.16. The van der Waals surface area contributed by atoms with Crippen molar-refractivity contribution < 1.29 is 14.7 Å². The van der Waals surface area contributed by atoms with Gasteiger partial charge in [-0.2, -0.15) is 0 Å². The second-order valence-electron chi connectivity index (χ2n) is 4.21. The third kappa shape index (κ3) is 3.51. The zero-order valence-corrected chi connectivity index (χ0v) is 8.98. The van der Waals surface area contributed by atoms with Gasteiger partial charge in [0.2, 0.25) is 5.91 Å². The molecule has 1 unspecified atom stereocenters. The van der Waals surface area contributed by atoms with Crippen molar-refractivity contribution in [2.45, 2.75) is 32.2 Å². The van der Waals surface area contributed by atoms with E-state index in [1.165, 1.54) is 0 Å². The molecule has 1 heterocycles. The molecule has 15 heavy (non-hydrogen) atoms. The number of hydrogen-bond donors (Lipinski definition) is 2. The molecule has 0 bridgehead atoms. The van der Waals surface area contributed by atoms with Gasteiger partial charge in [0, 0.05) is 13.1 Å². The number of nitrogens with zero attached hydrogens (tertiary/aromatic N) is 1. The number of rotatable bonds is 3. The monoisotopic (exact) mass is 214 g/mol. The van der Waals surface area contributed by atoms with E-state index >= 15 is 0 Å². The van der Waals surface area contributed by atoms with Crippen molar-refractivity contribution in [2.24, 2.45) is 11.7 Å². The lowest BCUT2D eigenvalue weighted by atomic mass is 9.98. The van der Waals surface area contributed by atoms with Crippen LogP contribution in [0.2, 0.25) is 0 Å². The van der Waals surface area contributed by atoms with E-state index < -0.39 is 12.0 Å². The van der Waals surface area contributed by atoms with Gasteiger partial charge in [0.05, 0.1) is 12.5 Å². The molecule has 3 N–H and O–H groups in total. The number of carboxylic acids is 1. The van der Waals surface area contributed by atoms with Crippen molar-refractivity contribution in [2.75, 3.05) is 13.1 Å². The fourth-order valence-corrected chi connectivity index (χ4v) is 1.74. The molecule has 0 aromatic heterocycles. The maximum Gasteiger partial charge on any atom is 0.305 e. The normalized spacial score (nSPS) is 20.0. The highest BCUT2D eigenvalue weighted by atomic mass is 16.4. The maximum atomic E-state index is 11.7. The van der Waals surface area contributed by atoms with Crippen LogP contribution in [0.1, 0.15) is 26.2 Å². The number of carbonyl (C=O) groups excluding carboxylic acids is 1. The molecule has 1 saturated heterocycles. The van der Waals surface area contributed by atoms with Crippen LogP contribution < -0.4 is 5.73 Å². The summed E-state index contributed by atoms with van der Waals surface area (Å²) in [6.45, 7) is 3.56. The summed E-state index contributed by atoms with van der Waals surface area (Å²) in [4.78, 5) is 23.8. The predicted molar refractivity (Wildman–Crippen MR) is 55.2 cm³/mol. The molecule has 1 aliphatic rings. The minimum atomic E-state index is -1.03. The maximum absolute atomic E-state index is 11.7. The Kier molecular flexibility index (Phi) is 4.08. The van der Waals surface area contributed by atoms with E-state index in [-0.39, 0.29) is 12.3 Å². The first-order valence-electron chi connectivity index (χ1n) is 5.27. The smallest absolute Gasteiger partial charge is 0.305 e. The first-order valence-corrected chi connectivity index (χ1v) is 5.27. The fourth-order valence-electron chi connectivity index (χ4n) is 1.74. The van der Waals surface area contributed by atoms with Crippen LogP contribution in [0.4, 0.5) is 0 Å². The number of nitrogens with two attached hydrogens (primary N) is 1. The number of likely N-dealkylation sites (tertiary alicyclic amines) is 1. The summed E-state index contributed by atoms with van der Waals surface area (Å²) in [6, 6.07) is -0.893. The van der Waals surface area contributed by atoms with E-state index in [1.807, 2.05) is 0 Å². The summed E-state index contributed by atoms with van der Waals surface area (Å²) in [7, 11) is 0. The van der Waals surface area contributed by atoms with Crippen molar-refractivity contribution in [3.63, 3.8) is 0 Å². The Labute approximate surface area is 89.2 Å². The first-order chi connectivity index (χ1) is 7.00. The Balaban J connectivity index is 2.42. The molecule has 0 aromatic rings.